The first kappa shape index (κ1) is 17.5. The van der Waals surface area contributed by atoms with E-state index in [-0.39, 0.29) is 23.3 Å². The first-order valence-corrected chi connectivity index (χ1v) is 9.35. The summed E-state index contributed by atoms with van der Waals surface area (Å²) >= 11 is 0. The minimum Gasteiger partial charge on any atom is -0.352 e. The highest BCUT2D eigenvalue weighted by atomic mass is 16.2. The number of hydrogen-bond acceptors (Lipinski definition) is 3. The Morgan fingerprint density at radius 3 is 2.85 bits per heavy atom. The van der Waals surface area contributed by atoms with Crippen LogP contribution in [0.15, 0.2) is 48.8 Å². The molecule has 1 saturated heterocycles. The smallest absolute Gasteiger partial charge is 0.321 e. The van der Waals surface area contributed by atoms with Crippen LogP contribution in [-0.4, -0.2) is 34.9 Å². The van der Waals surface area contributed by atoms with Crippen molar-refractivity contribution in [3.05, 3.63) is 59.9 Å². The number of carbonyl (C=O) groups excluding carboxylic acids is 2. The number of likely N-dealkylation sites (tertiary alicyclic amines) is 1. The average Bonchev–Trinajstić information content (AvgIpc) is 3.20. The van der Waals surface area contributed by atoms with Crippen LogP contribution in [0, 0.1) is 18.3 Å². The number of aromatic nitrogens is 1. The van der Waals surface area contributed by atoms with Crippen molar-refractivity contribution in [2.75, 3.05) is 18.4 Å². The van der Waals surface area contributed by atoms with E-state index in [0.717, 1.165) is 29.7 Å². The molecule has 2 heterocycles. The molecule has 1 aliphatic carbocycles. The Kier molecular flexibility index (Phi) is 4.56. The highest BCUT2D eigenvalue weighted by Crippen LogP contribution is 2.58. The van der Waals surface area contributed by atoms with Gasteiger partial charge in [0, 0.05) is 49.0 Å². The number of anilines is 1. The summed E-state index contributed by atoms with van der Waals surface area (Å²) in [6, 6.07) is 11.5. The molecule has 0 unspecified atom stereocenters. The lowest BCUT2D eigenvalue weighted by molar-refractivity contribution is -0.123. The summed E-state index contributed by atoms with van der Waals surface area (Å²) in [4.78, 5) is 30.8. The maximum Gasteiger partial charge on any atom is 0.321 e. The molecule has 0 radical (unpaired) electrons. The molecule has 27 heavy (non-hydrogen) atoms. The first-order valence-electron chi connectivity index (χ1n) is 9.35. The summed E-state index contributed by atoms with van der Waals surface area (Å²) in [5.74, 6) is 0.101. The summed E-state index contributed by atoms with van der Waals surface area (Å²) in [5, 5.41) is 5.98. The first-order chi connectivity index (χ1) is 13.1. The van der Waals surface area contributed by atoms with Crippen molar-refractivity contribution in [3.8, 4) is 0 Å². The van der Waals surface area contributed by atoms with Crippen LogP contribution in [0.3, 0.4) is 0 Å². The minimum absolute atomic E-state index is 0.0103. The predicted molar refractivity (Wildman–Crippen MR) is 103 cm³/mol. The molecule has 2 N–H and O–H groups in total. The van der Waals surface area contributed by atoms with Gasteiger partial charge in [-0.25, -0.2) is 4.79 Å². The molecule has 6 heteroatoms. The maximum atomic E-state index is 12.5. The number of amides is 3. The topological polar surface area (TPSA) is 74.3 Å². The van der Waals surface area contributed by atoms with Gasteiger partial charge in [-0.15, -0.1) is 0 Å². The summed E-state index contributed by atoms with van der Waals surface area (Å²) in [5.41, 5.74) is 2.92. The number of carbonyl (C=O) groups is 2. The van der Waals surface area contributed by atoms with Crippen molar-refractivity contribution in [2.24, 2.45) is 11.3 Å². The maximum absolute atomic E-state index is 12.5. The number of nitrogens with zero attached hydrogens (tertiary/aromatic N) is 2. The third-order valence-electron chi connectivity index (χ3n) is 5.66. The molecular weight excluding hydrogens is 340 g/mol. The van der Waals surface area contributed by atoms with E-state index in [9.17, 15) is 9.59 Å². The van der Waals surface area contributed by atoms with Crippen molar-refractivity contribution < 1.29 is 9.59 Å². The Morgan fingerprint density at radius 1 is 1.26 bits per heavy atom. The fourth-order valence-corrected chi connectivity index (χ4v) is 3.98. The summed E-state index contributed by atoms with van der Waals surface area (Å²) in [7, 11) is 0. The standard InChI is InChI=1S/C21H24N4O2/c1-15-3-2-4-17(11-15)24-20(27)25-10-7-21(14-25)12-18(21)19(26)23-13-16-5-8-22-9-6-16/h2-6,8-9,11,18H,7,10,12-14H2,1H3,(H,23,26)(H,24,27)/t18-,21-/m1/s1. The fourth-order valence-electron chi connectivity index (χ4n) is 3.98. The largest absolute Gasteiger partial charge is 0.352 e. The average molecular weight is 364 g/mol. The zero-order valence-corrected chi connectivity index (χ0v) is 15.4. The lowest BCUT2D eigenvalue weighted by Crippen LogP contribution is -2.34. The molecular formula is C21H24N4O2. The highest BCUT2D eigenvalue weighted by Gasteiger charge is 2.61. The second kappa shape index (κ2) is 7.02. The van der Waals surface area contributed by atoms with Gasteiger partial charge in [-0.2, -0.15) is 0 Å². The molecule has 1 aromatic heterocycles. The molecule has 4 rings (SSSR count). The third kappa shape index (κ3) is 3.79. The Morgan fingerprint density at radius 2 is 2.07 bits per heavy atom. The van der Waals surface area contributed by atoms with E-state index in [1.165, 1.54) is 0 Å². The van der Waals surface area contributed by atoms with Gasteiger partial charge in [-0.3, -0.25) is 9.78 Å². The van der Waals surface area contributed by atoms with Crippen molar-refractivity contribution >= 4 is 17.6 Å². The van der Waals surface area contributed by atoms with Gasteiger partial charge in [0.2, 0.25) is 5.91 Å². The van der Waals surface area contributed by atoms with E-state index in [1.54, 1.807) is 12.4 Å². The van der Waals surface area contributed by atoms with Crippen molar-refractivity contribution in [1.29, 1.82) is 0 Å². The van der Waals surface area contributed by atoms with Gasteiger partial charge in [0.25, 0.3) is 0 Å². The van der Waals surface area contributed by atoms with Crippen LogP contribution in [0.4, 0.5) is 10.5 Å². The second-order valence-corrected chi connectivity index (χ2v) is 7.66. The van der Waals surface area contributed by atoms with Gasteiger partial charge in [0.1, 0.15) is 0 Å². The number of pyridine rings is 1. The Labute approximate surface area is 159 Å². The molecule has 3 amide bonds. The highest BCUT2D eigenvalue weighted by molar-refractivity contribution is 5.90. The van der Waals surface area contributed by atoms with Crippen molar-refractivity contribution in [3.63, 3.8) is 0 Å². The Bertz CT molecular complexity index is 854. The second-order valence-electron chi connectivity index (χ2n) is 7.66. The molecule has 1 aliphatic heterocycles. The monoisotopic (exact) mass is 364 g/mol. The number of benzene rings is 1. The quantitative estimate of drug-likeness (QED) is 0.876. The van der Waals surface area contributed by atoms with Gasteiger partial charge in [0.05, 0.1) is 0 Å². The number of nitrogens with one attached hydrogen (secondary N) is 2. The van der Waals surface area contributed by atoms with Gasteiger partial charge in [0.15, 0.2) is 0 Å². The van der Waals surface area contributed by atoms with E-state index >= 15 is 0 Å². The molecule has 0 bridgehead atoms. The van der Waals surface area contributed by atoms with Gasteiger partial charge in [-0.05, 0) is 55.2 Å². The van der Waals surface area contributed by atoms with Crippen LogP contribution in [0.25, 0.3) is 0 Å². The molecule has 140 valence electrons. The van der Waals surface area contributed by atoms with Gasteiger partial charge in [-0.1, -0.05) is 12.1 Å². The number of rotatable bonds is 4. The molecule has 6 nitrogen and oxygen atoms in total. The van der Waals surface area contributed by atoms with E-state index in [1.807, 2.05) is 48.2 Å². The Hall–Kier alpha value is -2.89. The molecule has 2 aliphatic rings. The fraction of sp³-hybridized carbons (Fsp3) is 0.381. The van der Waals surface area contributed by atoms with E-state index in [2.05, 4.69) is 15.6 Å². The molecule has 1 spiro atoms. The molecule has 2 atom stereocenters. The predicted octanol–water partition coefficient (Wildman–Crippen LogP) is 2.95. The van der Waals surface area contributed by atoms with E-state index in [0.29, 0.717) is 19.6 Å². The summed E-state index contributed by atoms with van der Waals surface area (Å²) < 4.78 is 0. The van der Waals surface area contributed by atoms with Crippen LogP contribution >= 0.6 is 0 Å². The molecule has 1 saturated carbocycles. The number of aryl methyl sites for hydroxylation is 1. The minimum atomic E-state index is -0.0830. The van der Waals surface area contributed by atoms with Gasteiger partial charge < -0.3 is 15.5 Å². The summed E-state index contributed by atoms with van der Waals surface area (Å²) in [6.07, 6.45) is 5.20. The van der Waals surface area contributed by atoms with E-state index in [4.69, 9.17) is 0 Å². The van der Waals surface area contributed by atoms with Crippen LogP contribution in [0.2, 0.25) is 0 Å². The van der Waals surface area contributed by atoms with E-state index < -0.39 is 0 Å². The number of hydrogen-bond donors (Lipinski definition) is 2. The summed E-state index contributed by atoms with van der Waals surface area (Å²) in [6.45, 7) is 3.87. The lowest BCUT2D eigenvalue weighted by Gasteiger charge is -2.18. The zero-order chi connectivity index (χ0) is 18.9. The van der Waals surface area contributed by atoms with Crippen LogP contribution in [0.5, 0.6) is 0 Å². The SMILES string of the molecule is Cc1cccc(NC(=O)N2CC[C@@]3(C[C@@H]3C(=O)NCc3ccncc3)C2)c1. The van der Waals surface area contributed by atoms with Crippen LogP contribution in [-0.2, 0) is 11.3 Å². The van der Waals surface area contributed by atoms with Crippen LogP contribution < -0.4 is 10.6 Å². The van der Waals surface area contributed by atoms with Crippen LogP contribution in [0.1, 0.15) is 24.0 Å². The molecule has 1 aromatic carbocycles. The number of urea groups is 1. The van der Waals surface area contributed by atoms with Crippen molar-refractivity contribution in [2.45, 2.75) is 26.3 Å². The third-order valence-corrected chi connectivity index (χ3v) is 5.66. The van der Waals surface area contributed by atoms with Crippen molar-refractivity contribution in [1.82, 2.24) is 15.2 Å². The molecule has 2 aromatic rings. The van der Waals surface area contributed by atoms with Gasteiger partial charge >= 0.3 is 6.03 Å². The normalized spacial score (nSPS) is 23.3. The Balaban J connectivity index is 1.29. The molecule has 2 fully saturated rings. The zero-order valence-electron chi connectivity index (χ0n) is 15.4. The lowest BCUT2D eigenvalue weighted by atomic mass is 10.0.